The van der Waals surface area contributed by atoms with Crippen molar-refractivity contribution in [3.63, 3.8) is 0 Å². The molecule has 264 valence electrons. The van der Waals surface area contributed by atoms with E-state index in [1.54, 1.807) is 0 Å². The third kappa shape index (κ3) is 8.26. The van der Waals surface area contributed by atoms with Crippen LogP contribution in [0.1, 0.15) is 118 Å². The number of quaternary nitrogens is 1. The molecule has 1 aliphatic heterocycles. The van der Waals surface area contributed by atoms with Crippen molar-refractivity contribution < 1.29 is 32.5 Å². The topological polar surface area (TPSA) is 94.1 Å². The van der Waals surface area contributed by atoms with E-state index in [0.29, 0.717) is 12.0 Å². The number of carbonyl (C=O) groups excluding carboxylic acids is 1. The van der Waals surface area contributed by atoms with Gasteiger partial charge in [-0.1, -0.05) is 65.5 Å². The number of hydrogen-bond acceptors (Lipinski definition) is 5. The second-order valence-electron chi connectivity index (χ2n) is 17.1. The standard InChI is InChI=1S/C37H65N2O6P/c1-27(2)10-9-11-28(3)32-14-15-33-31-13-12-29-26-30(16-18-36(29,4)34(31)17-19-37(32,33)5)45-35(40)38-20-24-43-46(41,42)44-25-23-39(6)21-7-8-22-39/h12,27-28,30-34H,7-11,13-26H2,1-6H3,(H-,38,40,41,42)/p+1/t28-,30+,31?,32-,33?,34?,36+,37-/m1/s1. The van der Waals surface area contributed by atoms with Gasteiger partial charge in [-0.2, -0.15) is 0 Å². The highest BCUT2D eigenvalue weighted by molar-refractivity contribution is 7.47. The Morgan fingerprint density at radius 3 is 2.52 bits per heavy atom. The zero-order valence-electron chi connectivity index (χ0n) is 29.9. The molecule has 1 saturated heterocycles. The SMILES string of the molecule is CC(C)CCC[C@@H](C)[C@H]1CCC2C3CC=C4C[C@@H](OC(=O)NCCOP(=O)(O)OCC[N+]5(C)CCCC5)CC[C@]4(C)C3CC[C@@]21C. The Kier molecular flexibility index (Phi) is 11.8. The minimum Gasteiger partial charge on any atom is -0.446 e. The number of allylic oxidation sites excluding steroid dienone is 1. The van der Waals surface area contributed by atoms with Gasteiger partial charge in [0.15, 0.2) is 0 Å². The molecule has 4 fully saturated rings. The van der Waals surface area contributed by atoms with Gasteiger partial charge >= 0.3 is 13.9 Å². The fourth-order valence-corrected chi connectivity index (χ4v) is 11.7. The van der Waals surface area contributed by atoms with Crippen molar-refractivity contribution >= 4 is 13.9 Å². The number of carbonyl (C=O) groups is 1. The average molecular weight is 666 g/mol. The first-order chi connectivity index (χ1) is 21.7. The fraction of sp³-hybridized carbons (Fsp3) is 0.919. The lowest BCUT2D eigenvalue weighted by Gasteiger charge is -2.58. The Bertz CT molecular complexity index is 1120. The predicted octanol–water partition coefficient (Wildman–Crippen LogP) is 8.50. The van der Waals surface area contributed by atoms with Crippen LogP contribution >= 0.6 is 7.82 Å². The number of alkyl carbamates (subject to hydrolysis) is 1. The number of likely N-dealkylation sites (N-methyl/N-ethyl adjacent to an activating group) is 1. The molecular weight excluding hydrogens is 599 g/mol. The van der Waals surface area contributed by atoms with Crippen LogP contribution in [-0.2, 0) is 18.3 Å². The van der Waals surface area contributed by atoms with Crippen molar-refractivity contribution in [2.45, 2.75) is 124 Å². The maximum absolute atomic E-state index is 12.6. The zero-order valence-corrected chi connectivity index (χ0v) is 30.8. The van der Waals surface area contributed by atoms with Crippen molar-refractivity contribution in [3.05, 3.63) is 11.6 Å². The minimum atomic E-state index is -4.15. The summed E-state index contributed by atoms with van der Waals surface area (Å²) in [6, 6.07) is 0. The molecule has 8 nitrogen and oxygen atoms in total. The van der Waals surface area contributed by atoms with Gasteiger partial charge in [0.05, 0.1) is 26.7 Å². The lowest BCUT2D eigenvalue weighted by Crippen LogP contribution is -2.51. The Morgan fingerprint density at radius 1 is 1.04 bits per heavy atom. The molecule has 1 heterocycles. The van der Waals surface area contributed by atoms with Crippen molar-refractivity contribution in [2.24, 2.45) is 46.3 Å². The average Bonchev–Trinajstić information content (AvgIpc) is 3.58. The number of rotatable bonds is 14. The van der Waals surface area contributed by atoms with E-state index in [4.69, 9.17) is 13.8 Å². The van der Waals surface area contributed by atoms with Crippen LogP contribution in [-0.4, -0.2) is 68.0 Å². The van der Waals surface area contributed by atoms with E-state index in [1.165, 1.54) is 69.8 Å². The lowest BCUT2D eigenvalue weighted by molar-refractivity contribution is -0.897. The number of phosphoric ester groups is 1. The maximum atomic E-state index is 12.6. The molecule has 1 amide bonds. The van der Waals surface area contributed by atoms with Crippen molar-refractivity contribution in [2.75, 3.05) is 46.4 Å². The van der Waals surface area contributed by atoms with E-state index >= 15 is 0 Å². The predicted molar refractivity (Wildman–Crippen MR) is 183 cm³/mol. The molecule has 4 aliphatic carbocycles. The molecule has 4 unspecified atom stereocenters. The number of nitrogens with zero attached hydrogens (tertiary/aromatic N) is 1. The van der Waals surface area contributed by atoms with Crippen LogP contribution in [0.2, 0.25) is 0 Å². The Labute approximate surface area is 280 Å². The molecular formula is C37H66N2O6P+. The number of phosphoric acid groups is 1. The van der Waals surface area contributed by atoms with E-state index in [2.05, 4.69) is 53.1 Å². The molecule has 0 aromatic carbocycles. The summed E-state index contributed by atoms with van der Waals surface area (Å²) in [7, 11) is -2.00. The lowest BCUT2D eigenvalue weighted by atomic mass is 9.47. The summed E-state index contributed by atoms with van der Waals surface area (Å²) in [6.07, 6.45) is 17.9. The van der Waals surface area contributed by atoms with Gasteiger partial charge < -0.3 is 19.4 Å². The summed E-state index contributed by atoms with van der Waals surface area (Å²) < 4.78 is 29.2. The van der Waals surface area contributed by atoms with Crippen LogP contribution < -0.4 is 5.32 Å². The van der Waals surface area contributed by atoms with Crippen molar-refractivity contribution in [1.82, 2.24) is 5.32 Å². The highest BCUT2D eigenvalue weighted by atomic mass is 31.2. The molecule has 0 bridgehead atoms. The first-order valence-electron chi connectivity index (χ1n) is 18.8. The number of hydrogen-bond donors (Lipinski definition) is 2. The van der Waals surface area contributed by atoms with Crippen LogP contribution in [0.5, 0.6) is 0 Å². The van der Waals surface area contributed by atoms with E-state index < -0.39 is 13.9 Å². The molecule has 0 spiro atoms. The van der Waals surface area contributed by atoms with Crippen LogP contribution in [0.4, 0.5) is 4.79 Å². The van der Waals surface area contributed by atoms with Crippen LogP contribution in [0.15, 0.2) is 11.6 Å². The summed E-state index contributed by atoms with van der Waals surface area (Å²) in [5, 5.41) is 2.70. The maximum Gasteiger partial charge on any atom is 0.472 e. The number of fused-ring (bicyclic) bond motifs is 5. The summed E-state index contributed by atoms with van der Waals surface area (Å²) in [4.78, 5) is 22.6. The van der Waals surface area contributed by atoms with E-state index in [0.717, 1.165) is 72.3 Å². The minimum absolute atomic E-state index is 0.0922. The molecule has 46 heavy (non-hydrogen) atoms. The van der Waals surface area contributed by atoms with Crippen LogP contribution in [0.25, 0.3) is 0 Å². The third-order valence-corrected chi connectivity index (χ3v) is 14.7. The summed E-state index contributed by atoms with van der Waals surface area (Å²) in [6.45, 7) is 15.4. The normalized spacial score (nSPS) is 37.0. The van der Waals surface area contributed by atoms with Crippen molar-refractivity contribution in [3.8, 4) is 0 Å². The smallest absolute Gasteiger partial charge is 0.446 e. The van der Waals surface area contributed by atoms with Gasteiger partial charge in [-0.05, 0) is 91.3 Å². The van der Waals surface area contributed by atoms with Gasteiger partial charge in [-0.3, -0.25) is 9.05 Å². The van der Waals surface area contributed by atoms with Gasteiger partial charge in [0.1, 0.15) is 19.3 Å². The van der Waals surface area contributed by atoms with Gasteiger partial charge in [0, 0.05) is 25.8 Å². The Hall–Kier alpha value is -0.920. The molecule has 2 N–H and O–H groups in total. The second kappa shape index (κ2) is 14.9. The quantitative estimate of drug-likeness (QED) is 0.0837. The second-order valence-corrected chi connectivity index (χ2v) is 18.6. The number of ether oxygens (including phenoxy) is 1. The van der Waals surface area contributed by atoms with Gasteiger partial charge in [0.25, 0.3) is 0 Å². The fourth-order valence-electron chi connectivity index (χ4n) is 11.0. The Balaban J connectivity index is 1.06. The highest BCUT2D eigenvalue weighted by Gasteiger charge is 2.59. The number of likely N-dealkylation sites (tertiary alicyclic amines) is 1. The van der Waals surface area contributed by atoms with E-state index in [-0.39, 0.29) is 31.3 Å². The summed E-state index contributed by atoms with van der Waals surface area (Å²) in [5.74, 6) is 4.88. The largest absolute Gasteiger partial charge is 0.472 e. The van der Waals surface area contributed by atoms with Gasteiger partial charge in [0.2, 0.25) is 0 Å². The Morgan fingerprint density at radius 2 is 1.78 bits per heavy atom. The van der Waals surface area contributed by atoms with E-state index in [9.17, 15) is 14.3 Å². The molecule has 0 radical (unpaired) electrons. The molecule has 9 heteroatoms. The molecule has 9 atom stereocenters. The van der Waals surface area contributed by atoms with Gasteiger partial charge in [-0.15, -0.1) is 0 Å². The first-order valence-corrected chi connectivity index (χ1v) is 20.3. The van der Waals surface area contributed by atoms with Crippen molar-refractivity contribution in [1.29, 1.82) is 0 Å². The van der Waals surface area contributed by atoms with Crippen LogP contribution in [0.3, 0.4) is 0 Å². The van der Waals surface area contributed by atoms with Crippen LogP contribution in [0, 0.1) is 46.3 Å². The van der Waals surface area contributed by atoms with Gasteiger partial charge in [-0.25, -0.2) is 9.36 Å². The zero-order chi connectivity index (χ0) is 33.2. The third-order valence-electron chi connectivity index (χ3n) is 13.7. The molecule has 0 aromatic heterocycles. The molecule has 5 rings (SSSR count). The molecule has 3 saturated carbocycles. The molecule has 5 aliphatic rings. The summed E-state index contributed by atoms with van der Waals surface area (Å²) >= 11 is 0. The highest BCUT2D eigenvalue weighted by Crippen LogP contribution is 2.67. The van der Waals surface area contributed by atoms with E-state index in [1.807, 2.05) is 0 Å². The number of nitrogens with one attached hydrogen (secondary N) is 1. The summed E-state index contributed by atoms with van der Waals surface area (Å²) in [5.41, 5.74) is 2.21. The first kappa shape index (κ1) is 36.4. The molecule has 0 aromatic rings. The number of amides is 1. The monoisotopic (exact) mass is 665 g/mol.